The lowest BCUT2D eigenvalue weighted by molar-refractivity contribution is -0.137. The highest BCUT2D eigenvalue weighted by Crippen LogP contribution is 2.41. The molecule has 0 bridgehead atoms. The number of rotatable bonds is 5. The van der Waals surface area contributed by atoms with Crippen molar-refractivity contribution >= 4 is 22.5 Å². The Morgan fingerprint density at radius 3 is 2.50 bits per heavy atom. The van der Waals surface area contributed by atoms with Crippen LogP contribution in [0.15, 0.2) is 36.7 Å². The summed E-state index contributed by atoms with van der Waals surface area (Å²) in [6.45, 7) is 1.93. The van der Waals surface area contributed by atoms with E-state index in [-0.39, 0.29) is 23.0 Å². The highest BCUT2D eigenvalue weighted by molar-refractivity contribution is 6.08. The molecule has 3 aromatic rings. The Morgan fingerprint density at radius 2 is 1.93 bits per heavy atom. The molecule has 2 heterocycles. The lowest BCUT2D eigenvalue weighted by atomic mass is 9.96. The van der Waals surface area contributed by atoms with Gasteiger partial charge in [0.15, 0.2) is 0 Å². The Bertz CT molecular complexity index is 1110. The fourth-order valence-electron chi connectivity index (χ4n) is 3.44. The molecule has 8 heteroatoms. The smallest absolute Gasteiger partial charge is 0.387 e. The predicted octanol–water partition coefficient (Wildman–Crippen LogP) is 4.81. The number of nitrogens with zero attached hydrogens (tertiary/aromatic N) is 2. The van der Waals surface area contributed by atoms with Crippen molar-refractivity contribution in [1.29, 1.82) is 0 Å². The van der Waals surface area contributed by atoms with Gasteiger partial charge in [0, 0.05) is 42.1 Å². The van der Waals surface area contributed by atoms with Crippen LogP contribution in [0.5, 0.6) is 0 Å². The third-order valence-electron chi connectivity index (χ3n) is 5.22. The molecule has 0 atom stereocenters. The largest absolute Gasteiger partial charge is 0.417 e. The molecule has 156 valence electrons. The SMILES string of the molecule is CCc1ccc(-c2cc3c(NC)c(C(=O)NC4CC4)cnc3cc2C(F)(F)F)cn1. The van der Waals surface area contributed by atoms with Gasteiger partial charge in [-0.2, -0.15) is 13.2 Å². The molecule has 0 unspecified atom stereocenters. The van der Waals surface area contributed by atoms with Crippen LogP contribution in [0.2, 0.25) is 0 Å². The zero-order chi connectivity index (χ0) is 21.5. The van der Waals surface area contributed by atoms with Gasteiger partial charge in [0.25, 0.3) is 5.91 Å². The molecule has 0 saturated heterocycles. The number of carbonyl (C=O) groups is 1. The Morgan fingerprint density at radius 1 is 1.17 bits per heavy atom. The number of carbonyl (C=O) groups excluding carboxylic acids is 1. The van der Waals surface area contributed by atoms with Gasteiger partial charge >= 0.3 is 6.18 Å². The summed E-state index contributed by atoms with van der Waals surface area (Å²) in [7, 11) is 1.64. The monoisotopic (exact) mass is 414 g/mol. The zero-order valence-electron chi connectivity index (χ0n) is 16.6. The minimum Gasteiger partial charge on any atom is -0.387 e. The van der Waals surface area contributed by atoms with Gasteiger partial charge in [-0.25, -0.2) is 0 Å². The number of aromatic nitrogens is 2. The molecule has 30 heavy (non-hydrogen) atoms. The van der Waals surface area contributed by atoms with Crippen LogP contribution >= 0.6 is 0 Å². The van der Waals surface area contributed by atoms with Gasteiger partial charge in [-0.3, -0.25) is 14.8 Å². The molecule has 4 rings (SSSR count). The van der Waals surface area contributed by atoms with Crippen molar-refractivity contribution in [3.8, 4) is 11.1 Å². The first-order chi connectivity index (χ1) is 14.3. The van der Waals surface area contributed by atoms with Crippen molar-refractivity contribution in [3.63, 3.8) is 0 Å². The number of amides is 1. The maximum atomic E-state index is 13.8. The van der Waals surface area contributed by atoms with Crippen molar-refractivity contribution in [1.82, 2.24) is 15.3 Å². The number of alkyl halides is 3. The van der Waals surface area contributed by atoms with Crippen LogP contribution in [0.1, 0.15) is 41.4 Å². The van der Waals surface area contributed by atoms with Crippen LogP contribution in [-0.4, -0.2) is 29.0 Å². The van der Waals surface area contributed by atoms with E-state index >= 15 is 0 Å². The molecular formula is C22H21F3N4O. The van der Waals surface area contributed by atoms with Crippen LogP contribution in [0, 0.1) is 0 Å². The summed E-state index contributed by atoms with van der Waals surface area (Å²) in [5.74, 6) is -0.285. The molecule has 2 aromatic heterocycles. The Hall–Kier alpha value is -3.16. The molecule has 1 aliphatic carbocycles. The molecule has 1 saturated carbocycles. The number of anilines is 1. The van der Waals surface area contributed by atoms with E-state index in [2.05, 4.69) is 20.6 Å². The Labute approximate surface area is 171 Å². The maximum absolute atomic E-state index is 13.8. The van der Waals surface area contributed by atoms with Crippen molar-refractivity contribution in [2.75, 3.05) is 12.4 Å². The van der Waals surface area contributed by atoms with Gasteiger partial charge in [-0.05, 0) is 43.0 Å². The van der Waals surface area contributed by atoms with Crippen LogP contribution in [0.3, 0.4) is 0 Å². The van der Waals surface area contributed by atoms with Crippen LogP contribution in [0.4, 0.5) is 18.9 Å². The number of benzene rings is 1. The van der Waals surface area contributed by atoms with E-state index in [4.69, 9.17) is 0 Å². The van der Waals surface area contributed by atoms with Crippen LogP contribution < -0.4 is 10.6 Å². The molecular weight excluding hydrogens is 393 g/mol. The number of fused-ring (bicyclic) bond motifs is 1. The Balaban J connectivity index is 1.92. The lowest BCUT2D eigenvalue weighted by Crippen LogP contribution is -2.26. The van der Waals surface area contributed by atoms with Gasteiger partial charge < -0.3 is 10.6 Å². The molecule has 0 aliphatic heterocycles. The van der Waals surface area contributed by atoms with Gasteiger partial charge in [-0.15, -0.1) is 0 Å². The van der Waals surface area contributed by atoms with E-state index in [0.717, 1.165) is 24.6 Å². The number of pyridine rings is 2. The molecule has 1 amide bonds. The third kappa shape index (κ3) is 3.81. The van der Waals surface area contributed by atoms with E-state index in [1.54, 1.807) is 19.2 Å². The molecule has 5 nitrogen and oxygen atoms in total. The topological polar surface area (TPSA) is 66.9 Å². The summed E-state index contributed by atoms with van der Waals surface area (Å²) in [5, 5.41) is 6.31. The summed E-state index contributed by atoms with van der Waals surface area (Å²) in [6, 6.07) is 5.98. The van der Waals surface area contributed by atoms with E-state index in [1.165, 1.54) is 18.5 Å². The molecule has 0 spiro atoms. The minimum atomic E-state index is -4.56. The standard InChI is InChI=1S/C22H21F3N4O/c1-3-13-5-4-12(10-27-13)15-8-16-19(9-18(15)22(23,24)25)28-11-17(20(16)26-2)21(30)29-14-6-7-14/h4-5,8-11,14H,3,6-7H2,1-2H3,(H,26,28)(H,29,30). The average molecular weight is 414 g/mol. The number of halogens is 3. The summed E-state index contributed by atoms with van der Waals surface area (Å²) in [5.41, 5.74) is 1.29. The lowest BCUT2D eigenvalue weighted by Gasteiger charge is -2.17. The van der Waals surface area contributed by atoms with Crippen molar-refractivity contribution in [3.05, 3.63) is 53.5 Å². The second-order valence-electron chi connectivity index (χ2n) is 7.35. The average Bonchev–Trinajstić information content (AvgIpc) is 3.55. The number of aryl methyl sites for hydroxylation is 1. The molecule has 2 N–H and O–H groups in total. The van der Waals surface area contributed by atoms with Crippen LogP contribution in [-0.2, 0) is 12.6 Å². The van der Waals surface area contributed by atoms with Crippen molar-refractivity contribution < 1.29 is 18.0 Å². The highest BCUT2D eigenvalue weighted by Gasteiger charge is 2.35. The summed E-state index contributed by atoms with van der Waals surface area (Å²) < 4.78 is 41.5. The van der Waals surface area contributed by atoms with Crippen molar-refractivity contribution in [2.45, 2.75) is 38.4 Å². The summed E-state index contributed by atoms with van der Waals surface area (Å²) in [4.78, 5) is 21.0. The van der Waals surface area contributed by atoms with Crippen LogP contribution in [0.25, 0.3) is 22.0 Å². The number of nitrogens with one attached hydrogen (secondary N) is 2. The van der Waals surface area contributed by atoms with E-state index in [1.807, 2.05) is 6.92 Å². The zero-order valence-corrected chi connectivity index (χ0v) is 16.6. The van der Waals surface area contributed by atoms with Gasteiger partial charge in [-0.1, -0.05) is 13.0 Å². The quantitative estimate of drug-likeness (QED) is 0.629. The normalized spacial score (nSPS) is 14.0. The van der Waals surface area contributed by atoms with E-state index in [9.17, 15) is 18.0 Å². The maximum Gasteiger partial charge on any atom is 0.417 e. The second kappa shape index (κ2) is 7.59. The van der Waals surface area contributed by atoms with Gasteiger partial charge in [0.05, 0.1) is 22.3 Å². The first-order valence-corrected chi connectivity index (χ1v) is 9.79. The van der Waals surface area contributed by atoms with Crippen molar-refractivity contribution in [2.24, 2.45) is 0 Å². The molecule has 1 aliphatic rings. The molecule has 1 fully saturated rings. The second-order valence-corrected chi connectivity index (χ2v) is 7.35. The fraction of sp³-hybridized carbons (Fsp3) is 0.318. The number of hydrogen-bond acceptors (Lipinski definition) is 4. The fourth-order valence-corrected chi connectivity index (χ4v) is 3.44. The summed E-state index contributed by atoms with van der Waals surface area (Å²) >= 11 is 0. The first-order valence-electron chi connectivity index (χ1n) is 9.79. The van der Waals surface area contributed by atoms with Gasteiger partial charge in [0.2, 0.25) is 0 Å². The predicted molar refractivity (Wildman–Crippen MR) is 109 cm³/mol. The first kappa shape index (κ1) is 20.1. The Kier molecular flexibility index (Phi) is 5.09. The highest BCUT2D eigenvalue weighted by atomic mass is 19.4. The van der Waals surface area contributed by atoms with E-state index < -0.39 is 11.7 Å². The van der Waals surface area contributed by atoms with E-state index in [0.29, 0.717) is 28.6 Å². The molecule has 0 radical (unpaired) electrons. The summed E-state index contributed by atoms with van der Waals surface area (Å²) in [6.07, 6.45) is 0.769. The van der Waals surface area contributed by atoms with Gasteiger partial charge in [0.1, 0.15) is 0 Å². The minimum absolute atomic E-state index is 0.00297. The molecule has 1 aromatic carbocycles. The third-order valence-corrected chi connectivity index (χ3v) is 5.22. The number of hydrogen-bond donors (Lipinski definition) is 2.